The highest BCUT2D eigenvalue weighted by Gasteiger charge is 2.35. The van der Waals surface area contributed by atoms with E-state index >= 15 is 0 Å². The van der Waals surface area contributed by atoms with Gasteiger partial charge in [0.15, 0.2) is 0 Å². The highest BCUT2D eigenvalue weighted by atomic mass is 16.5. The first-order valence-electron chi connectivity index (χ1n) is 11.1. The van der Waals surface area contributed by atoms with Gasteiger partial charge >= 0.3 is 0 Å². The Morgan fingerprint density at radius 2 is 2.06 bits per heavy atom. The summed E-state index contributed by atoms with van der Waals surface area (Å²) in [5.74, 6) is 1.08. The number of primary amides is 2. The minimum Gasteiger partial charge on any atom is -0.491 e. The number of aryl methyl sites for hydroxylation is 1. The molecule has 4 N–H and O–H groups in total. The second kappa shape index (κ2) is 7.36. The van der Waals surface area contributed by atoms with E-state index in [-0.39, 0.29) is 11.8 Å². The van der Waals surface area contributed by atoms with E-state index in [1.165, 1.54) is 0 Å². The normalized spacial score (nSPS) is 17.1. The molecule has 0 radical (unpaired) electrons. The first-order valence-corrected chi connectivity index (χ1v) is 11.1. The molecule has 1 aliphatic carbocycles. The van der Waals surface area contributed by atoms with Crippen LogP contribution in [0.2, 0.25) is 0 Å². The molecule has 0 spiro atoms. The van der Waals surface area contributed by atoms with Crippen LogP contribution in [0.5, 0.6) is 5.75 Å². The van der Waals surface area contributed by atoms with Gasteiger partial charge in [0.2, 0.25) is 11.8 Å². The predicted molar refractivity (Wildman–Crippen MR) is 119 cm³/mol. The van der Waals surface area contributed by atoms with Gasteiger partial charge in [-0.2, -0.15) is 5.10 Å². The van der Waals surface area contributed by atoms with Crippen LogP contribution in [0.4, 0.5) is 0 Å². The second-order valence-electron chi connectivity index (χ2n) is 9.40. The molecule has 168 valence electrons. The zero-order valence-electron chi connectivity index (χ0n) is 18.4. The summed E-state index contributed by atoms with van der Waals surface area (Å²) in [6.07, 6.45) is 7.07. The molecule has 1 saturated carbocycles. The summed E-state index contributed by atoms with van der Waals surface area (Å²) >= 11 is 0. The van der Waals surface area contributed by atoms with Crippen molar-refractivity contribution < 1.29 is 14.3 Å². The van der Waals surface area contributed by atoms with Gasteiger partial charge in [-0.15, -0.1) is 0 Å². The fraction of sp³-hybridized carbons (Fsp3) is 0.478. The maximum atomic E-state index is 12.0. The maximum absolute atomic E-state index is 12.0. The second-order valence-corrected chi connectivity index (χ2v) is 9.40. The molecule has 1 atom stereocenters. The lowest BCUT2D eigenvalue weighted by molar-refractivity contribution is -0.125. The van der Waals surface area contributed by atoms with E-state index in [1.807, 2.05) is 12.1 Å². The molecule has 0 bridgehead atoms. The molecule has 3 heterocycles. The Morgan fingerprint density at radius 3 is 2.75 bits per heavy atom. The number of nitrogens with two attached hydrogens (primary N) is 2. The van der Waals surface area contributed by atoms with Crippen LogP contribution in [-0.2, 0) is 28.1 Å². The Bertz CT molecular complexity index is 1220. The SMILES string of the molecule is CC(C)(C(N)=O)n1cc(-c2nc3cc(C[C@H](C(N)=O)C4CC4)cc4c3n2CCCO4)cn1. The van der Waals surface area contributed by atoms with Crippen molar-refractivity contribution in [1.82, 2.24) is 19.3 Å². The van der Waals surface area contributed by atoms with Crippen molar-refractivity contribution >= 4 is 22.8 Å². The fourth-order valence-electron chi connectivity index (χ4n) is 4.47. The molecule has 2 aromatic heterocycles. The number of hydrogen-bond acceptors (Lipinski definition) is 5. The van der Waals surface area contributed by atoms with Crippen molar-refractivity contribution in [3.63, 3.8) is 0 Å². The van der Waals surface area contributed by atoms with Crippen LogP contribution < -0.4 is 16.2 Å². The number of amides is 2. The number of carbonyl (C=O) groups excluding carboxylic acids is 2. The van der Waals surface area contributed by atoms with Crippen LogP contribution in [0.1, 0.15) is 38.7 Å². The number of benzene rings is 1. The average molecular weight is 437 g/mol. The van der Waals surface area contributed by atoms with E-state index in [4.69, 9.17) is 21.2 Å². The van der Waals surface area contributed by atoms with Gasteiger partial charge in [0.1, 0.15) is 22.6 Å². The standard InChI is InChI=1S/C23H28N6O3/c1-23(2,22(25)31)29-12-15(11-26-29)21-27-17-9-13(8-16(20(24)30)14-4-5-14)10-18-19(17)28(21)6-3-7-32-18/h9-12,14,16H,3-8H2,1-2H3,(H2,24,30)(H2,25,31)/t16-/m0/s1. The molecule has 2 aliphatic rings. The lowest BCUT2D eigenvalue weighted by Gasteiger charge is -2.20. The molecule has 9 heteroatoms. The highest BCUT2D eigenvalue weighted by Crippen LogP contribution is 2.40. The lowest BCUT2D eigenvalue weighted by Crippen LogP contribution is -2.41. The van der Waals surface area contributed by atoms with Crippen LogP contribution in [0.3, 0.4) is 0 Å². The number of carbonyl (C=O) groups is 2. The topological polar surface area (TPSA) is 131 Å². The van der Waals surface area contributed by atoms with Crippen molar-refractivity contribution in [2.75, 3.05) is 6.61 Å². The van der Waals surface area contributed by atoms with Crippen molar-refractivity contribution in [2.45, 2.75) is 51.6 Å². The summed E-state index contributed by atoms with van der Waals surface area (Å²) in [6.45, 7) is 4.83. The van der Waals surface area contributed by atoms with E-state index in [2.05, 4.69) is 9.67 Å². The summed E-state index contributed by atoms with van der Waals surface area (Å²) in [4.78, 5) is 28.7. The maximum Gasteiger partial charge on any atom is 0.244 e. The molecule has 0 unspecified atom stereocenters. The van der Waals surface area contributed by atoms with Gasteiger partial charge in [0.25, 0.3) is 0 Å². The van der Waals surface area contributed by atoms with Crippen LogP contribution in [-0.4, -0.2) is 37.8 Å². The summed E-state index contributed by atoms with van der Waals surface area (Å²) in [7, 11) is 0. The quantitative estimate of drug-likeness (QED) is 0.584. The van der Waals surface area contributed by atoms with E-state index in [0.717, 1.165) is 59.5 Å². The van der Waals surface area contributed by atoms with Crippen LogP contribution in [0.15, 0.2) is 24.5 Å². The summed E-state index contributed by atoms with van der Waals surface area (Å²) < 4.78 is 9.78. The number of imidazole rings is 1. The van der Waals surface area contributed by atoms with Crippen molar-refractivity contribution in [3.8, 4) is 17.1 Å². The van der Waals surface area contributed by atoms with Crippen molar-refractivity contribution in [2.24, 2.45) is 23.3 Å². The minimum absolute atomic E-state index is 0.152. The predicted octanol–water partition coefficient (Wildman–Crippen LogP) is 1.96. The number of rotatable bonds is 7. The number of aromatic nitrogens is 4. The smallest absolute Gasteiger partial charge is 0.244 e. The molecule has 3 aromatic rings. The highest BCUT2D eigenvalue weighted by molar-refractivity contribution is 5.87. The van der Waals surface area contributed by atoms with E-state index in [1.54, 1.807) is 30.9 Å². The zero-order valence-corrected chi connectivity index (χ0v) is 18.4. The van der Waals surface area contributed by atoms with Crippen LogP contribution in [0.25, 0.3) is 22.4 Å². The Balaban J connectivity index is 1.58. The lowest BCUT2D eigenvalue weighted by atomic mass is 9.94. The Morgan fingerprint density at radius 1 is 1.28 bits per heavy atom. The molecular weight excluding hydrogens is 408 g/mol. The molecule has 32 heavy (non-hydrogen) atoms. The zero-order chi connectivity index (χ0) is 22.6. The van der Waals surface area contributed by atoms with Gasteiger partial charge in [0.05, 0.1) is 23.9 Å². The van der Waals surface area contributed by atoms with Crippen molar-refractivity contribution in [3.05, 3.63) is 30.1 Å². The largest absolute Gasteiger partial charge is 0.491 e. The first-order chi connectivity index (χ1) is 15.3. The van der Waals surface area contributed by atoms with Crippen LogP contribution >= 0.6 is 0 Å². The van der Waals surface area contributed by atoms with Gasteiger partial charge in [-0.05, 0) is 63.1 Å². The Hall–Kier alpha value is -3.36. The first kappa shape index (κ1) is 20.5. The third kappa shape index (κ3) is 3.41. The van der Waals surface area contributed by atoms with Crippen molar-refractivity contribution in [1.29, 1.82) is 0 Å². The molecule has 1 fully saturated rings. The summed E-state index contributed by atoms with van der Waals surface area (Å²) in [5.41, 5.74) is 13.8. The third-order valence-corrected chi connectivity index (χ3v) is 6.68. The molecule has 0 saturated heterocycles. The number of nitrogens with zero attached hydrogens (tertiary/aromatic N) is 4. The van der Waals surface area contributed by atoms with Gasteiger partial charge in [-0.3, -0.25) is 14.3 Å². The summed E-state index contributed by atoms with van der Waals surface area (Å²) in [6, 6.07) is 4.05. The number of ether oxygens (including phenoxy) is 1. The molecule has 2 amide bonds. The molecule has 1 aliphatic heterocycles. The number of hydrogen-bond donors (Lipinski definition) is 2. The Labute approximate surface area is 185 Å². The fourth-order valence-corrected chi connectivity index (χ4v) is 4.47. The van der Waals surface area contributed by atoms with E-state index < -0.39 is 11.4 Å². The molecule has 5 rings (SSSR count). The third-order valence-electron chi connectivity index (χ3n) is 6.68. The molecule has 1 aromatic carbocycles. The monoisotopic (exact) mass is 436 g/mol. The van der Waals surface area contributed by atoms with Crippen LogP contribution in [0, 0.1) is 11.8 Å². The minimum atomic E-state index is -0.947. The average Bonchev–Trinajstić information content (AvgIpc) is 3.39. The van der Waals surface area contributed by atoms with Gasteiger partial charge < -0.3 is 20.8 Å². The molecular formula is C23H28N6O3. The summed E-state index contributed by atoms with van der Waals surface area (Å²) in [5, 5.41) is 4.38. The van der Waals surface area contributed by atoms with Gasteiger partial charge in [0, 0.05) is 18.7 Å². The van der Waals surface area contributed by atoms with E-state index in [0.29, 0.717) is 18.9 Å². The van der Waals surface area contributed by atoms with E-state index in [9.17, 15) is 9.59 Å². The van der Waals surface area contributed by atoms with Gasteiger partial charge in [-0.25, -0.2) is 4.98 Å². The molecule has 9 nitrogen and oxygen atoms in total. The Kier molecular flexibility index (Phi) is 4.72. The van der Waals surface area contributed by atoms with Gasteiger partial charge in [-0.1, -0.05) is 0 Å².